The van der Waals surface area contributed by atoms with E-state index >= 15 is 0 Å². The van der Waals surface area contributed by atoms with Gasteiger partial charge in [0.2, 0.25) is 0 Å². The van der Waals surface area contributed by atoms with Gasteiger partial charge in [0.15, 0.2) is 10.3 Å². The minimum Gasteiger partial charge on any atom is -0.350 e. The van der Waals surface area contributed by atoms with E-state index in [-0.39, 0.29) is 21.8 Å². The molecule has 0 saturated carbocycles. The van der Waals surface area contributed by atoms with Gasteiger partial charge < -0.3 is 10.2 Å². The van der Waals surface area contributed by atoms with E-state index in [0.717, 1.165) is 13.0 Å². The molecule has 0 radical (unpaired) electrons. The van der Waals surface area contributed by atoms with Crippen LogP contribution in [0, 0.1) is 0 Å². The van der Waals surface area contributed by atoms with Crippen LogP contribution in [-0.4, -0.2) is 47.2 Å². The Hall–Kier alpha value is -0.910. The minimum absolute atomic E-state index is 0.0664. The summed E-state index contributed by atoms with van der Waals surface area (Å²) in [4.78, 5) is 14.2. The van der Waals surface area contributed by atoms with Gasteiger partial charge in [-0.05, 0) is 32.5 Å². The number of hydrogen-bond acceptors (Lipinski definition) is 4. The molecular weight excluding hydrogens is 275 g/mol. The highest BCUT2D eigenvalue weighted by Gasteiger charge is 2.22. The summed E-state index contributed by atoms with van der Waals surface area (Å²) in [6, 6.07) is 1.81. The van der Waals surface area contributed by atoms with E-state index < -0.39 is 0 Å². The molecule has 0 aromatic carbocycles. The molecule has 2 rings (SSSR count). The van der Waals surface area contributed by atoms with Crippen LogP contribution in [0.2, 0.25) is 10.3 Å². The van der Waals surface area contributed by atoms with Gasteiger partial charge in [-0.25, -0.2) is 0 Å². The Bertz CT molecular complexity index is 455. The topological polar surface area (TPSA) is 58.1 Å². The third-order valence-electron chi connectivity index (χ3n) is 3.13. The van der Waals surface area contributed by atoms with E-state index in [0.29, 0.717) is 12.6 Å². The molecule has 1 atom stereocenters. The van der Waals surface area contributed by atoms with E-state index in [9.17, 15) is 4.79 Å². The molecule has 2 heterocycles. The maximum Gasteiger partial charge on any atom is 0.254 e. The van der Waals surface area contributed by atoms with Gasteiger partial charge in [-0.3, -0.25) is 4.79 Å². The van der Waals surface area contributed by atoms with Crippen LogP contribution in [-0.2, 0) is 0 Å². The molecule has 1 aliphatic heterocycles. The number of amides is 1. The first-order valence-corrected chi connectivity index (χ1v) is 6.50. The van der Waals surface area contributed by atoms with E-state index in [1.54, 1.807) is 0 Å². The molecule has 5 nitrogen and oxygen atoms in total. The second-order valence-corrected chi connectivity index (χ2v) is 5.10. The van der Waals surface area contributed by atoms with Crippen molar-refractivity contribution in [2.75, 3.05) is 20.1 Å². The number of carbonyl (C=O) groups excluding carboxylic acids is 1. The van der Waals surface area contributed by atoms with E-state index in [1.807, 2.05) is 0 Å². The highest BCUT2D eigenvalue weighted by atomic mass is 35.5. The maximum absolute atomic E-state index is 11.9. The summed E-state index contributed by atoms with van der Waals surface area (Å²) >= 11 is 11.5. The van der Waals surface area contributed by atoms with Crippen molar-refractivity contribution < 1.29 is 4.79 Å². The highest BCUT2D eigenvalue weighted by Crippen LogP contribution is 2.16. The molecule has 18 heavy (non-hydrogen) atoms. The Kier molecular flexibility index (Phi) is 4.37. The number of hydrogen-bond donors (Lipinski definition) is 1. The summed E-state index contributed by atoms with van der Waals surface area (Å²) in [5.74, 6) is -0.267. The van der Waals surface area contributed by atoms with Crippen molar-refractivity contribution in [1.82, 2.24) is 20.4 Å². The van der Waals surface area contributed by atoms with Crippen molar-refractivity contribution in [3.63, 3.8) is 0 Å². The van der Waals surface area contributed by atoms with E-state index in [4.69, 9.17) is 23.2 Å². The molecule has 0 spiro atoms. The van der Waals surface area contributed by atoms with Crippen molar-refractivity contribution in [3.05, 3.63) is 21.9 Å². The number of likely N-dealkylation sites (N-methyl/N-ethyl adjacent to an activating group) is 1. The molecular formula is C11H14Cl2N4O. The lowest BCUT2D eigenvalue weighted by Gasteiger charge is -2.19. The predicted molar refractivity (Wildman–Crippen MR) is 70.0 cm³/mol. The van der Waals surface area contributed by atoms with Crippen molar-refractivity contribution in [2.45, 2.75) is 18.9 Å². The smallest absolute Gasteiger partial charge is 0.254 e. The van der Waals surface area contributed by atoms with Crippen LogP contribution in [0.3, 0.4) is 0 Å². The Labute approximate surface area is 115 Å². The second kappa shape index (κ2) is 5.82. The number of carbonyl (C=O) groups is 1. The third-order valence-corrected chi connectivity index (χ3v) is 3.60. The van der Waals surface area contributed by atoms with E-state index in [2.05, 4.69) is 27.5 Å². The molecule has 1 fully saturated rings. The fraction of sp³-hybridized carbons (Fsp3) is 0.545. The first kappa shape index (κ1) is 13.5. The SMILES string of the molecule is CN1CCCC1CNC(=O)c1cc(Cl)nnc1Cl. The first-order valence-electron chi connectivity index (χ1n) is 5.75. The standard InChI is InChI=1S/C11H14Cl2N4O/c1-17-4-2-3-7(17)6-14-11(18)8-5-9(12)15-16-10(8)13/h5,7H,2-4,6H2,1H3,(H,14,18). The van der Waals surface area contributed by atoms with Crippen LogP contribution in [0.15, 0.2) is 6.07 Å². The van der Waals surface area contributed by atoms with Crippen LogP contribution in [0.5, 0.6) is 0 Å². The summed E-state index contributed by atoms with van der Waals surface area (Å²) in [5.41, 5.74) is 0.261. The summed E-state index contributed by atoms with van der Waals surface area (Å²) in [6.45, 7) is 1.68. The van der Waals surface area contributed by atoms with E-state index in [1.165, 1.54) is 12.5 Å². The van der Waals surface area contributed by atoms with Gasteiger partial charge in [0.1, 0.15) is 0 Å². The van der Waals surface area contributed by atoms with Crippen LogP contribution < -0.4 is 5.32 Å². The second-order valence-electron chi connectivity index (χ2n) is 4.36. The average Bonchev–Trinajstić information content (AvgIpc) is 2.75. The van der Waals surface area contributed by atoms with Crippen LogP contribution >= 0.6 is 23.2 Å². The summed E-state index contributed by atoms with van der Waals surface area (Å²) in [5, 5.41) is 10.2. The van der Waals surface area contributed by atoms with Crippen molar-refractivity contribution >= 4 is 29.1 Å². The maximum atomic E-state index is 11.9. The number of likely N-dealkylation sites (tertiary alicyclic amines) is 1. The number of aromatic nitrogens is 2. The van der Waals surface area contributed by atoms with Gasteiger partial charge >= 0.3 is 0 Å². The number of rotatable bonds is 3. The lowest BCUT2D eigenvalue weighted by molar-refractivity contribution is 0.0943. The van der Waals surface area contributed by atoms with Gasteiger partial charge in [-0.15, -0.1) is 10.2 Å². The zero-order valence-electron chi connectivity index (χ0n) is 9.99. The van der Waals surface area contributed by atoms with Gasteiger partial charge in [0.05, 0.1) is 5.56 Å². The number of nitrogens with one attached hydrogen (secondary N) is 1. The molecule has 1 saturated heterocycles. The molecule has 98 valence electrons. The van der Waals surface area contributed by atoms with Gasteiger partial charge in [0, 0.05) is 12.6 Å². The fourth-order valence-corrected chi connectivity index (χ4v) is 2.38. The summed E-state index contributed by atoms with van der Waals surface area (Å²) in [6.07, 6.45) is 2.26. The summed E-state index contributed by atoms with van der Waals surface area (Å²) in [7, 11) is 2.06. The van der Waals surface area contributed by atoms with Crippen molar-refractivity contribution in [3.8, 4) is 0 Å². The molecule has 1 aromatic rings. The zero-order valence-corrected chi connectivity index (χ0v) is 11.5. The monoisotopic (exact) mass is 288 g/mol. The zero-order chi connectivity index (χ0) is 13.1. The molecule has 1 aliphatic rings. The Morgan fingerprint density at radius 2 is 2.33 bits per heavy atom. The molecule has 1 aromatic heterocycles. The van der Waals surface area contributed by atoms with Gasteiger partial charge in [-0.1, -0.05) is 23.2 Å². The normalized spacial score (nSPS) is 20.1. The highest BCUT2D eigenvalue weighted by molar-refractivity contribution is 6.34. The number of nitrogens with zero attached hydrogens (tertiary/aromatic N) is 3. The quantitative estimate of drug-likeness (QED) is 0.918. The fourth-order valence-electron chi connectivity index (χ4n) is 2.06. The van der Waals surface area contributed by atoms with Crippen LogP contribution in [0.4, 0.5) is 0 Å². The lowest BCUT2D eigenvalue weighted by atomic mass is 10.2. The molecule has 0 bridgehead atoms. The van der Waals surface area contributed by atoms with Gasteiger partial charge in [-0.2, -0.15) is 0 Å². The van der Waals surface area contributed by atoms with Crippen LogP contribution in [0.1, 0.15) is 23.2 Å². The lowest BCUT2D eigenvalue weighted by Crippen LogP contribution is -2.38. The summed E-state index contributed by atoms with van der Waals surface area (Å²) < 4.78 is 0. The molecule has 1 unspecified atom stereocenters. The molecule has 0 aliphatic carbocycles. The minimum atomic E-state index is -0.267. The van der Waals surface area contributed by atoms with Crippen molar-refractivity contribution in [1.29, 1.82) is 0 Å². The van der Waals surface area contributed by atoms with Gasteiger partial charge in [0.25, 0.3) is 5.91 Å². The molecule has 1 amide bonds. The Morgan fingerprint density at radius 3 is 3.00 bits per heavy atom. The number of halogens is 2. The molecule has 1 N–H and O–H groups in total. The first-order chi connectivity index (χ1) is 8.58. The van der Waals surface area contributed by atoms with Crippen LogP contribution in [0.25, 0.3) is 0 Å². The Morgan fingerprint density at radius 1 is 1.56 bits per heavy atom. The largest absolute Gasteiger partial charge is 0.350 e. The Balaban J connectivity index is 1.97. The molecule has 7 heteroatoms. The van der Waals surface area contributed by atoms with Crippen molar-refractivity contribution in [2.24, 2.45) is 0 Å². The third kappa shape index (κ3) is 3.10. The average molecular weight is 289 g/mol. The predicted octanol–water partition coefficient (Wildman–Crippen LogP) is 1.61.